The van der Waals surface area contributed by atoms with Gasteiger partial charge in [-0.1, -0.05) is 29.8 Å². The number of carbonyl (C=O) groups excluding carboxylic acids is 2. The van der Waals surface area contributed by atoms with Gasteiger partial charge in [-0.15, -0.1) is 0 Å². The molecule has 6 heteroatoms. The van der Waals surface area contributed by atoms with E-state index in [1.54, 1.807) is 0 Å². The molecule has 0 spiro atoms. The van der Waals surface area contributed by atoms with E-state index >= 15 is 0 Å². The van der Waals surface area contributed by atoms with Crippen LogP contribution in [0.3, 0.4) is 0 Å². The molecule has 3 rings (SSSR count). The molecule has 2 amide bonds. The molecule has 1 N–H and O–H groups in total. The van der Waals surface area contributed by atoms with Gasteiger partial charge in [0.05, 0.1) is 18.6 Å². The quantitative estimate of drug-likeness (QED) is 0.827. The van der Waals surface area contributed by atoms with Crippen LogP contribution >= 0.6 is 0 Å². The van der Waals surface area contributed by atoms with Crippen molar-refractivity contribution in [3.8, 4) is 0 Å². The molecule has 6 nitrogen and oxygen atoms in total. The van der Waals surface area contributed by atoms with Crippen molar-refractivity contribution < 1.29 is 14.3 Å². The molecule has 2 aliphatic heterocycles. The predicted molar refractivity (Wildman–Crippen MR) is 104 cm³/mol. The summed E-state index contributed by atoms with van der Waals surface area (Å²) < 4.78 is 5.71. The number of hydrogen-bond acceptors (Lipinski definition) is 4. The van der Waals surface area contributed by atoms with E-state index in [2.05, 4.69) is 10.2 Å². The molecular weight excluding hydrogens is 342 g/mol. The van der Waals surface area contributed by atoms with Crippen molar-refractivity contribution in [2.45, 2.75) is 45.3 Å². The highest BCUT2D eigenvalue weighted by Crippen LogP contribution is 2.20. The Morgan fingerprint density at radius 3 is 2.48 bits per heavy atom. The zero-order valence-corrected chi connectivity index (χ0v) is 16.4. The lowest BCUT2D eigenvalue weighted by molar-refractivity contribution is -0.134. The molecule has 0 aliphatic carbocycles. The normalized spacial score (nSPS) is 21.9. The Morgan fingerprint density at radius 1 is 1.19 bits per heavy atom. The molecular formula is C21H31N3O3. The minimum atomic E-state index is -0.277. The topological polar surface area (TPSA) is 61.9 Å². The number of nitrogens with zero attached hydrogens (tertiary/aromatic N) is 2. The van der Waals surface area contributed by atoms with Crippen LogP contribution < -0.4 is 5.32 Å². The lowest BCUT2D eigenvalue weighted by Crippen LogP contribution is -2.50. The molecule has 2 aliphatic rings. The lowest BCUT2D eigenvalue weighted by atomic mass is 10.0. The van der Waals surface area contributed by atoms with Crippen molar-refractivity contribution >= 4 is 11.8 Å². The van der Waals surface area contributed by atoms with E-state index in [4.69, 9.17) is 4.74 Å². The molecule has 2 heterocycles. The third-order valence-electron chi connectivity index (χ3n) is 5.45. The summed E-state index contributed by atoms with van der Waals surface area (Å²) in [6.45, 7) is 8.64. The molecule has 1 aromatic carbocycles. The van der Waals surface area contributed by atoms with E-state index in [9.17, 15) is 9.59 Å². The summed E-state index contributed by atoms with van der Waals surface area (Å²) in [5.74, 6) is -0.0131. The van der Waals surface area contributed by atoms with Crippen molar-refractivity contribution in [3.63, 3.8) is 0 Å². The number of rotatable bonds is 6. The van der Waals surface area contributed by atoms with Crippen molar-refractivity contribution in [3.05, 3.63) is 35.4 Å². The van der Waals surface area contributed by atoms with Gasteiger partial charge < -0.3 is 15.0 Å². The van der Waals surface area contributed by atoms with Crippen LogP contribution in [0.25, 0.3) is 0 Å². The molecule has 1 aromatic rings. The average Bonchev–Trinajstić information content (AvgIpc) is 3.15. The Bertz CT molecular complexity index is 633. The van der Waals surface area contributed by atoms with Gasteiger partial charge in [0.1, 0.15) is 0 Å². The lowest BCUT2D eigenvalue weighted by Gasteiger charge is -2.36. The minimum Gasteiger partial charge on any atom is -0.377 e. The van der Waals surface area contributed by atoms with E-state index in [1.807, 2.05) is 36.1 Å². The number of nitrogens with one attached hydrogen (secondary N) is 1. The molecule has 148 valence electrons. The van der Waals surface area contributed by atoms with Gasteiger partial charge in [-0.05, 0) is 25.3 Å². The summed E-state index contributed by atoms with van der Waals surface area (Å²) in [4.78, 5) is 28.7. The molecule has 0 bridgehead atoms. The highest BCUT2D eigenvalue weighted by Gasteiger charge is 2.26. The number of benzene rings is 1. The van der Waals surface area contributed by atoms with E-state index in [0.717, 1.165) is 63.3 Å². The van der Waals surface area contributed by atoms with Gasteiger partial charge >= 0.3 is 0 Å². The van der Waals surface area contributed by atoms with Crippen LogP contribution in [0.4, 0.5) is 0 Å². The monoisotopic (exact) mass is 373 g/mol. The summed E-state index contributed by atoms with van der Waals surface area (Å²) in [5.41, 5.74) is 2.13. The number of amides is 2. The van der Waals surface area contributed by atoms with Gasteiger partial charge in [-0.2, -0.15) is 0 Å². The van der Waals surface area contributed by atoms with Gasteiger partial charge in [0.15, 0.2) is 0 Å². The fraction of sp³-hybridized carbons (Fsp3) is 0.619. The highest BCUT2D eigenvalue weighted by molar-refractivity contribution is 5.79. The van der Waals surface area contributed by atoms with Crippen LogP contribution in [0.15, 0.2) is 24.3 Å². The first-order valence-electron chi connectivity index (χ1n) is 9.96. The maximum atomic E-state index is 12.8. The minimum absolute atomic E-state index is 0.103. The van der Waals surface area contributed by atoms with Gasteiger partial charge in [0, 0.05) is 46.3 Å². The molecule has 2 atom stereocenters. The van der Waals surface area contributed by atoms with Crippen LogP contribution in [-0.4, -0.2) is 67.0 Å². The molecule has 0 saturated carbocycles. The number of hydrogen-bond donors (Lipinski definition) is 1. The van der Waals surface area contributed by atoms with E-state index in [-0.39, 0.29) is 17.9 Å². The van der Waals surface area contributed by atoms with Crippen molar-refractivity contribution in [2.75, 3.05) is 39.3 Å². The second-order valence-electron chi connectivity index (χ2n) is 7.68. The number of ether oxygens (including phenoxy) is 1. The maximum Gasteiger partial charge on any atom is 0.225 e. The number of piperazine rings is 1. The van der Waals surface area contributed by atoms with E-state index in [1.165, 1.54) is 6.92 Å². The third-order valence-corrected chi connectivity index (χ3v) is 5.45. The summed E-state index contributed by atoms with van der Waals surface area (Å²) in [6.07, 6.45) is 2.97. The van der Waals surface area contributed by atoms with Crippen LogP contribution in [0.5, 0.6) is 0 Å². The zero-order valence-electron chi connectivity index (χ0n) is 16.4. The van der Waals surface area contributed by atoms with Gasteiger partial charge in [0.25, 0.3) is 0 Å². The maximum absolute atomic E-state index is 12.8. The molecule has 0 radical (unpaired) electrons. The summed E-state index contributed by atoms with van der Waals surface area (Å²) in [6, 6.07) is 7.73. The average molecular weight is 373 g/mol. The van der Waals surface area contributed by atoms with Crippen molar-refractivity contribution in [2.24, 2.45) is 0 Å². The highest BCUT2D eigenvalue weighted by atomic mass is 16.5. The summed E-state index contributed by atoms with van der Waals surface area (Å²) >= 11 is 0. The van der Waals surface area contributed by atoms with Crippen molar-refractivity contribution in [1.29, 1.82) is 0 Å². The first-order chi connectivity index (χ1) is 13.0. The molecule has 2 unspecified atom stereocenters. The first-order valence-corrected chi connectivity index (χ1v) is 9.96. The predicted octanol–water partition coefficient (Wildman–Crippen LogP) is 1.89. The van der Waals surface area contributed by atoms with Gasteiger partial charge in [0.2, 0.25) is 11.8 Å². The molecule has 2 fully saturated rings. The fourth-order valence-electron chi connectivity index (χ4n) is 3.86. The Hall–Kier alpha value is -1.92. The second-order valence-corrected chi connectivity index (χ2v) is 7.68. The van der Waals surface area contributed by atoms with E-state index in [0.29, 0.717) is 12.5 Å². The Labute approximate surface area is 161 Å². The Balaban J connectivity index is 1.52. The van der Waals surface area contributed by atoms with Crippen molar-refractivity contribution in [1.82, 2.24) is 15.1 Å². The smallest absolute Gasteiger partial charge is 0.225 e. The third kappa shape index (κ3) is 5.78. The summed E-state index contributed by atoms with van der Waals surface area (Å²) in [7, 11) is 0. The Morgan fingerprint density at radius 2 is 1.89 bits per heavy atom. The van der Waals surface area contributed by atoms with E-state index < -0.39 is 0 Å². The molecule has 27 heavy (non-hydrogen) atoms. The van der Waals surface area contributed by atoms with Crippen LogP contribution in [-0.2, 0) is 14.3 Å². The van der Waals surface area contributed by atoms with Gasteiger partial charge in [-0.3, -0.25) is 14.5 Å². The van der Waals surface area contributed by atoms with Gasteiger partial charge in [-0.25, -0.2) is 0 Å². The Kier molecular flexibility index (Phi) is 6.85. The number of carbonyl (C=O) groups is 2. The zero-order chi connectivity index (χ0) is 19.2. The SMILES string of the molecule is CC(=O)NC(CC(=O)N1CCN(CC2CCCO2)CC1)c1ccc(C)cc1. The number of aryl methyl sites for hydroxylation is 1. The second kappa shape index (κ2) is 9.33. The summed E-state index contributed by atoms with van der Waals surface area (Å²) in [5, 5.41) is 2.93. The first kappa shape index (κ1) is 19.8. The standard InChI is InChI=1S/C21H31N3O3/c1-16-5-7-18(8-6-16)20(22-17(2)25)14-21(26)24-11-9-23(10-12-24)15-19-4-3-13-27-19/h5-8,19-20H,3-4,9-15H2,1-2H3,(H,22,25). The largest absolute Gasteiger partial charge is 0.377 e. The van der Waals surface area contributed by atoms with Crippen LogP contribution in [0.2, 0.25) is 0 Å². The molecule has 0 aromatic heterocycles. The van der Waals surface area contributed by atoms with Crippen LogP contribution in [0.1, 0.15) is 43.4 Å². The fourth-order valence-corrected chi connectivity index (χ4v) is 3.86. The van der Waals surface area contributed by atoms with Crippen LogP contribution in [0, 0.1) is 6.92 Å². The molecule has 2 saturated heterocycles.